The van der Waals surface area contributed by atoms with Gasteiger partial charge in [0.15, 0.2) is 0 Å². The molecule has 0 spiro atoms. The highest BCUT2D eigenvalue weighted by molar-refractivity contribution is 9.10. The number of benzene rings is 2. The number of aryl methyl sites for hydroxylation is 1. The van der Waals surface area contributed by atoms with E-state index >= 15 is 0 Å². The van der Waals surface area contributed by atoms with E-state index in [-0.39, 0.29) is 0 Å². The monoisotopic (exact) mass is 360 g/mol. The molecule has 106 valence electrons. The third-order valence-electron chi connectivity index (χ3n) is 3.33. The van der Waals surface area contributed by atoms with Gasteiger partial charge in [-0.15, -0.1) is 0 Å². The Labute approximate surface area is 137 Å². The third kappa shape index (κ3) is 3.20. The van der Waals surface area contributed by atoms with E-state index in [0.717, 1.165) is 31.6 Å². The Bertz CT molecular complexity index is 782. The Morgan fingerprint density at radius 3 is 2.86 bits per heavy atom. The molecule has 3 rings (SSSR count). The normalized spacial score (nSPS) is 10.8. The maximum absolute atomic E-state index is 6.22. The largest absolute Gasteiger partial charge is 0.381 e. The Balaban J connectivity index is 1.90. The fourth-order valence-electron chi connectivity index (χ4n) is 2.37. The summed E-state index contributed by atoms with van der Waals surface area (Å²) in [4.78, 5) is 4.46. The van der Waals surface area contributed by atoms with Crippen LogP contribution in [0.4, 0.5) is 5.69 Å². The van der Waals surface area contributed by atoms with Crippen LogP contribution in [-0.2, 0) is 6.54 Å². The summed E-state index contributed by atoms with van der Waals surface area (Å²) in [5.41, 5.74) is 4.38. The van der Waals surface area contributed by atoms with Crippen LogP contribution in [0.15, 0.2) is 53.1 Å². The van der Waals surface area contributed by atoms with Crippen LogP contribution in [0, 0.1) is 6.92 Å². The molecule has 3 aromatic rings. The molecule has 0 fully saturated rings. The maximum Gasteiger partial charge on any atom is 0.0766 e. The number of fused-ring (bicyclic) bond motifs is 1. The highest BCUT2D eigenvalue weighted by Crippen LogP contribution is 2.26. The van der Waals surface area contributed by atoms with Crippen LogP contribution in [0.3, 0.4) is 0 Å². The number of rotatable bonds is 3. The molecule has 1 aromatic heterocycles. The van der Waals surface area contributed by atoms with Crippen molar-refractivity contribution < 1.29 is 0 Å². The van der Waals surface area contributed by atoms with Gasteiger partial charge in [-0.2, -0.15) is 0 Å². The zero-order valence-corrected chi connectivity index (χ0v) is 13.9. The zero-order chi connectivity index (χ0) is 14.8. The molecule has 0 saturated heterocycles. The van der Waals surface area contributed by atoms with Crippen molar-refractivity contribution in [2.24, 2.45) is 0 Å². The number of nitrogens with one attached hydrogen (secondary N) is 1. The van der Waals surface area contributed by atoms with E-state index in [2.05, 4.69) is 51.4 Å². The number of hydrogen-bond donors (Lipinski definition) is 1. The second-order valence-electron chi connectivity index (χ2n) is 4.98. The molecule has 1 N–H and O–H groups in total. The standard InChI is InChI=1S/C17H14BrClN2/c1-11-7-13(18)9-14(8-11)21-10-12-4-5-16(19)15-3-2-6-20-17(12)15/h2-9,21H,10H2,1H3. The minimum atomic E-state index is 0.709. The van der Waals surface area contributed by atoms with Crippen LogP contribution >= 0.6 is 27.5 Å². The second-order valence-corrected chi connectivity index (χ2v) is 6.30. The molecule has 0 aliphatic heterocycles. The van der Waals surface area contributed by atoms with Gasteiger partial charge in [-0.25, -0.2) is 0 Å². The summed E-state index contributed by atoms with van der Waals surface area (Å²) >= 11 is 9.74. The third-order valence-corrected chi connectivity index (χ3v) is 4.11. The molecule has 0 aliphatic rings. The molecule has 0 unspecified atom stereocenters. The lowest BCUT2D eigenvalue weighted by molar-refractivity contribution is 1.15. The molecule has 0 bridgehead atoms. The lowest BCUT2D eigenvalue weighted by Crippen LogP contribution is -2.01. The van der Waals surface area contributed by atoms with Crippen molar-refractivity contribution in [3.05, 3.63) is 69.3 Å². The van der Waals surface area contributed by atoms with Crippen molar-refractivity contribution in [3.8, 4) is 0 Å². The van der Waals surface area contributed by atoms with Crippen LogP contribution in [0.5, 0.6) is 0 Å². The smallest absolute Gasteiger partial charge is 0.0766 e. The molecule has 4 heteroatoms. The highest BCUT2D eigenvalue weighted by Gasteiger charge is 2.06. The summed E-state index contributed by atoms with van der Waals surface area (Å²) in [6, 6.07) is 14.1. The lowest BCUT2D eigenvalue weighted by atomic mass is 10.1. The van der Waals surface area contributed by atoms with Crippen molar-refractivity contribution in [1.29, 1.82) is 0 Å². The molecule has 1 heterocycles. The van der Waals surface area contributed by atoms with E-state index < -0.39 is 0 Å². The van der Waals surface area contributed by atoms with E-state index in [1.807, 2.05) is 24.3 Å². The van der Waals surface area contributed by atoms with Crippen LogP contribution in [0.1, 0.15) is 11.1 Å². The molecular weight excluding hydrogens is 348 g/mol. The van der Waals surface area contributed by atoms with Gasteiger partial charge < -0.3 is 5.32 Å². The van der Waals surface area contributed by atoms with Gasteiger partial charge in [-0.05, 0) is 54.4 Å². The molecule has 0 aliphatic carbocycles. The Kier molecular flexibility index (Phi) is 4.13. The minimum absolute atomic E-state index is 0.709. The predicted molar refractivity (Wildman–Crippen MR) is 93.0 cm³/mol. The first kappa shape index (κ1) is 14.4. The average Bonchev–Trinajstić information content (AvgIpc) is 2.46. The number of pyridine rings is 1. The van der Waals surface area contributed by atoms with Crippen molar-refractivity contribution in [2.75, 3.05) is 5.32 Å². The molecule has 2 nitrogen and oxygen atoms in total. The van der Waals surface area contributed by atoms with Crippen molar-refractivity contribution in [2.45, 2.75) is 13.5 Å². The van der Waals surface area contributed by atoms with E-state index in [1.54, 1.807) is 6.20 Å². The van der Waals surface area contributed by atoms with Gasteiger partial charge in [-0.3, -0.25) is 4.98 Å². The Morgan fingerprint density at radius 1 is 1.19 bits per heavy atom. The number of hydrogen-bond acceptors (Lipinski definition) is 2. The van der Waals surface area contributed by atoms with Crippen molar-refractivity contribution in [1.82, 2.24) is 4.98 Å². The molecule has 0 amide bonds. The van der Waals surface area contributed by atoms with Crippen LogP contribution in [-0.4, -0.2) is 4.98 Å². The van der Waals surface area contributed by atoms with Crippen molar-refractivity contribution in [3.63, 3.8) is 0 Å². The summed E-state index contributed by atoms with van der Waals surface area (Å²) in [5.74, 6) is 0. The fraction of sp³-hybridized carbons (Fsp3) is 0.118. The van der Waals surface area contributed by atoms with E-state index in [4.69, 9.17) is 11.6 Å². The van der Waals surface area contributed by atoms with Gasteiger partial charge in [0.05, 0.1) is 5.52 Å². The molecule has 21 heavy (non-hydrogen) atoms. The SMILES string of the molecule is Cc1cc(Br)cc(NCc2ccc(Cl)c3cccnc23)c1. The van der Waals surface area contributed by atoms with E-state index in [0.29, 0.717) is 6.54 Å². The lowest BCUT2D eigenvalue weighted by Gasteiger charge is -2.11. The van der Waals surface area contributed by atoms with E-state index in [9.17, 15) is 0 Å². The number of halogens is 2. The summed E-state index contributed by atoms with van der Waals surface area (Å²) in [5, 5.41) is 5.17. The summed E-state index contributed by atoms with van der Waals surface area (Å²) in [7, 11) is 0. The Hall–Kier alpha value is -1.58. The first-order chi connectivity index (χ1) is 10.1. The number of nitrogens with zero attached hydrogens (tertiary/aromatic N) is 1. The summed E-state index contributed by atoms with van der Waals surface area (Å²) < 4.78 is 1.07. The number of aromatic nitrogens is 1. The molecular formula is C17H14BrClN2. The van der Waals surface area contributed by atoms with Crippen LogP contribution in [0.2, 0.25) is 5.02 Å². The van der Waals surface area contributed by atoms with Crippen LogP contribution in [0.25, 0.3) is 10.9 Å². The topological polar surface area (TPSA) is 24.9 Å². The molecule has 0 saturated carbocycles. The maximum atomic E-state index is 6.22. The van der Waals surface area contributed by atoms with Gasteiger partial charge >= 0.3 is 0 Å². The zero-order valence-electron chi connectivity index (χ0n) is 11.5. The molecule has 0 atom stereocenters. The minimum Gasteiger partial charge on any atom is -0.381 e. The predicted octanol–water partition coefficient (Wildman–Crippen LogP) is 5.57. The van der Waals surface area contributed by atoms with Gasteiger partial charge in [0.25, 0.3) is 0 Å². The Morgan fingerprint density at radius 2 is 2.05 bits per heavy atom. The average molecular weight is 362 g/mol. The summed E-state index contributed by atoms with van der Waals surface area (Å²) in [6.07, 6.45) is 1.80. The molecule has 0 radical (unpaired) electrons. The quantitative estimate of drug-likeness (QED) is 0.659. The van der Waals surface area contributed by atoms with Gasteiger partial charge in [-0.1, -0.05) is 33.6 Å². The fourth-order valence-corrected chi connectivity index (χ4v) is 3.20. The van der Waals surface area contributed by atoms with Crippen molar-refractivity contribution >= 4 is 44.1 Å². The highest BCUT2D eigenvalue weighted by atomic mass is 79.9. The van der Waals surface area contributed by atoms with E-state index in [1.165, 1.54) is 5.56 Å². The first-order valence-corrected chi connectivity index (χ1v) is 7.84. The van der Waals surface area contributed by atoms with Gasteiger partial charge in [0.1, 0.15) is 0 Å². The van der Waals surface area contributed by atoms with Gasteiger partial charge in [0.2, 0.25) is 0 Å². The summed E-state index contributed by atoms with van der Waals surface area (Å²) in [6.45, 7) is 2.79. The van der Waals surface area contributed by atoms with Crippen LogP contribution < -0.4 is 5.32 Å². The first-order valence-electron chi connectivity index (χ1n) is 6.66. The second kappa shape index (κ2) is 6.04. The number of anilines is 1. The molecule has 2 aromatic carbocycles. The van der Waals surface area contributed by atoms with Gasteiger partial charge in [0, 0.05) is 33.3 Å².